The molecule has 0 aliphatic carbocycles. The van der Waals surface area contributed by atoms with E-state index in [1.54, 1.807) is 6.07 Å². The molecular formula is C19H17ClN2O3S. The number of halogens is 1. The van der Waals surface area contributed by atoms with E-state index in [1.807, 2.05) is 36.4 Å². The number of anilines is 1. The molecule has 3 rings (SSSR count). The summed E-state index contributed by atoms with van der Waals surface area (Å²) in [5, 5.41) is 5.21. The molecule has 0 fully saturated rings. The fourth-order valence-corrected chi connectivity index (χ4v) is 3.81. The Morgan fingerprint density at radius 2 is 1.62 bits per heavy atom. The second-order valence-corrected chi connectivity index (χ2v) is 8.00. The molecule has 26 heavy (non-hydrogen) atoms. The van der Waals surface area contributed by atoms with Crippen LogP contribution in [0.25, 0.3) is 10.8 Å². The lowest BCUT2D eigenvalue weighted by molar-refractivity contribution is -0.117. The molecule has 3 aromatic rings. The van der Waals surface area contributed by atoms with E-state index in [9.17, 15) is 13.2 Å². The van der Waals surface area contributed by atoms with E-state index in [0.717, 1.165) is 10.8 Å². The van der Waals surface area contributed by atoms with E-state index in [4.69, 9.17) is 11.6 Å². The van der Waals surface area contributed by atoms with Gasteiger partial charge in [-0.25, -0.2) is 8.42 Å². The Hall–Kier alpha value is -2.41. The molecule has 0 spiro atoms. The maximum absolute atomic E-state index is 12.4. The van der Waals surface area contributed by atoms with Gasteiger partial charge in [0, 0.05) is 10.7 Å². The van der Waals surface area contributed by atoms with Crippen molar-refractivity contribution in [3.8, 4) is 0 Å². The van der Waals surface area contributed by atoms with Crippen LogP contribution < -0.4 is 10.0 Å². The van der Waals surface area contributed by atoms with Gasteiger partial charge in [0.25, 0.3) is 0 Å². The molecule has 0 saturated heterocycles. The molecular weight excluding hydrogens is 372 g/mol. The highest BCUT2D eigenvalue weighted by molar-refractivity contribution is 7.89. The Morgan fingerprint density at radius 1 is 0.962 bits per heavy atom. The molecule has 134 valence electrons. The number of carbonyl (C=O) groups is 1. The van der Waals surface area contributed by atoms with Crippen molar-refractivity contribution in [3.05, 3.63) is 71.8 Å². The first-order valence-corrected chi connectivity index (χ1v) is 9.79. The van der Waals surface area contributed by atoms with E-state index in [2.05, 4.69) is 10.0 Å². The molecule has 3 aromatic carbocycles. The van der Waals surface area contributed by atoms with Crippen LogP contribution in [0.4, 0.5) is 5.69 Å². The summed E-state index contributed by atoms with van der Waals surface area (Å²) in [6.07, 6.45) is 0. The highest BCUT2D eigenvalue weighted by Crippen LogP contribution is 2.19. The predicted molar refractivity (Wildman–Crippen MR) is 104 cm³/mol. The van der Waals surface area contributed by atoms with Crippen molar-refractivity contribution in [3.63, 3.8) is 0 Å². The van der Waals surface area contributed by atoms with E-state index < -0.39 is 22.0 Å². The number of benzene rings is 3. The van der Waals surface area contributed by atoms with E-state index >= 15 is 0 Å². The molecule has 0 bridgehead atoms. The summed E-state index contributed by atoms with van der Waals surface area (Å²) >= 11 is 5.77. The van der Waals surface area contributed by atoms with Crippen molar-refractivity contribution in [1.29, 1.82) is 0 Å². The van der Waals surface area contributed by atoms with E-state index in [0.29, 0.717) is 10.7 Å². The second kappa shape index (κ2) is 7.45. The van der Waals surface area contributed by atoms with Gasteiger partial charge in [0.05, 0.1) is 10.9 Å². The minimum atomic E-state index is -3.82. The van der Waals surface area contributed by atoms with Gasteiger partial charge in [-0.1, -0.05) is 41.9 Å². The summed E-state index contributed by atoms with van der Waals surface area (Å²) < 4.78 is 27.1. The molecule has 0 radical (unpaired) electrons. The van der Waals surface area contributed by atoms with Gasteiger partial charge in [0.2, 0.25) is 15.9 Å². The number of amides is 1. The van der Waals surface area contributed by atoms with Crippen LogP contribution in [0.3, 0.4) is 0 Å². The Kier molecular flexibility index (Phi) is 5.27. The lowest BCUT2D eigenvalue weighted by Gasteiger charge is -2.15. The van der Waals surface area contributed by atoms with Crippen molar-refractivity contribution in [2.45, 2.75) is 17.9 Å². The third kappa shape index (κ3) is 4.22. The van der Waals surface area contributed by atoms with Crippen LogP contribution in [0.1, 0.15) is 6.92 Å². The average molecular weight is 389 g/mol. The number of fused-ring (bicyclic) bond motifs is 1. The largest absolute Gasteiger partial charge is 0.325 e. The molecule has 0 aliphatic heterocycles. The van der Waals surface area contributed by atoms with Crippen LogP contribution >= 0.6 is 11.6 Å². The van der Waals surface area contributed by atoms with Crippen molar-refractivity contribution in [2.75, 3.05) is 5.32 Å². The molecule has 0 saturated carbocycles. The van der Waals surface area contributed by atoms with Gasteiger partial charge in [-0.3, -0.25) is 4.79 Å². The summed E-state index contributed by atoms with van der Waals surface area (Å²) in [4.78, 5) is 12.4. The first kappa shape index (κ1) is 18.4. The van der Waals surface area contributed by atoms with Gasteiger partial charge < -0.3 is 5.32 Å². The summed E-state index contributed by atoms with van der Waals surface area (Å²) in [5.74, 6) is -0.446. The van der Waals surface area contributed by atoms with Crippen LogP contribution in [0.15, 0.2) is 71.6 Å². The Labute approximate surface area is 157 Å². The van der Waals surface area contributed by atoms with E-state index in [-0.39, 0.29) is 4.90 Å². The van der Waals surface area contributed by atoms with Gasteiger partial charge in [-0.05, 0) is 54.1 Å². The smallest absolute Gasteiger partial charge is 0.242 e. The van der Waals surface area contributed by atoms with Crippen molar-refractivity contribution < 1.29 is 13.2 Å². The van der Waals surface area contributed by atoms with Crippen LogP contribution in [0, 0.1) is 0 Å². The van der Waals surface area contributed by atoms with Gasteiger partial charge in [-0.2, -0.15) is 4.72 Å². The first-order valence-electron chi connectivity index (χ1n) is 7.93. The fourth-order valence-electron chi connectivity index (χ4n) is 2.49. The standard InChI is InChI=1S/C19H17ClN2O3S/c1-13(22-26(24,25)18-10-7-16(20)8-11-18)19(23)21-17-9-6-14-4-2-3-5-15(14)12-17/h2-13,22H,1H3,(H,21,23). The zero-order valence-corrected chi connectivity index (χ0v) is 15.5. The third-order valence-electron chi connectivity index (χ3n) is 3.87. The molecule has 7 heteroatoms. The van der Waals surface area contributed by atoms with Gasteiger partial charge in [0.15, 0.2) is 0 Å². The molecule has 0 heterocycles. The van der Waals surface area contributed by atoms with Gasteiger partial charge in [-0.15, -0.1) is 0 Å². The quantitative estimate of drug-likeness (QED) is 0.698. The zero-order valence-electron chi connectivity index (χ0n) is 13.9. The van der Waals surface area contributed by atoms with Gasteiger partial charge in [0.1, 0.15) is 0 Å². The van der Waals surface area contributed by atoms with Crippen molar-refractivity contribution in [1.82, 2.24) is 4.72 Å². The van der Waals surface area contributed by atoms with Crippen LogP contribution in [-0.4, -0.2) is 20.4 Å². The highest BCUT2D eigenvalue weighted by Gasteiger charge is 2.22. The molecule has 2 N–H and O–H groups in total. The SMILES string of the molecule is CC(NS(=O)(=O)c1ccc(Cl)cc1)C(=O)Nc1ccc2ccccc2c1. The number of rotatable bonds is 5. The van der Waals surface area contributed by atoms with Crippen molar-refractivity contribution in [2.24, 2.45) is 0 Å². The molecule has 0 aromatic heterocycles. The first-order chi connectivity index (χ1) is 12.3. The number of nitrogens with one attached hydrogen (secondary N) is 2. The zero-order chi connectivity index (χ0) is 18.7. The Balaban J connectivity index is 1.71. The Morgan fingerprint density at radius 3 is 2.31 bits per heavy atom. The monoisotopic (exact) mass is 388 g/mol. The second-order valence-electron chi connectivity index (χ2n) is 5.85. The molecule has 5 nitrogen and oxygen atoms in total. The topological polar surface area (TPSA) is 75.3 Å². The summed E-state index contributed by atoms with van der Waals surface area (Å²) in [5.41, 5.74) is 0.603. The van der Waals surface area contributed by atoms with Crippen LogP contribution in [-0.2, 0) is 14.8 Å². The van der Waals surface area contributed by atoms with Crippen LogP contribution in [0.2, 0.25) is 5.02 Å². The summed E-state index contributed by atoms with van der Waals surface area (Å²) in [7, 11) is -3.82. The molecule has 1 unspecified atom stereocenters. The third-order valence-corrected chi connectivity index (χ3v) is 5.67. The maximum Gasteiger partial charge on any atom is 0.242 e. The number of hydrogen-bond donors (Lipinski definition) is 2. The lowest BCUT2D eigenvalue weighted by atomic mass is 10.1. The number of carbonyl (C=O) groups excluding carboxylic acids is 1. The number of hydrogen-bond acceptors (Lipinski definition) is 3. The minimum Gasteiger partial charge on any atom is -0.325 e. The number of sulfonamides is 1. The molecule has 1 amide bonds. The van der Waals surface area contributed by atoms with Crippen molar-refractivity contribution >= 4 is 44.0 Å². The summed E-state index contributed by atoms with van der Waals surface area (Å²) in [6.45, 7) is 1.49. The molecule has 0 aliphatic rings. The normalized spacial score (nSPS) is 12.7. The lowest BCUT2D eigenvalue weighted by Crippen LogP contribution is -2.41. The maximum atomic E-state index is 12.4. The average Bonchev–Trinajstić information content (AvgIpc) is 2.61. The Bertz CT molecular complexity index is 1050. The predicted octanol–water partition coefficient (Wildman–Crippen LogP) is 3.80. The van der Waals surface area contributed by atoms with E-state index in [1.165, 1.54) is 31.2 Å². The van der Waals surface area contributed by atoms with Gasteiger partial charge >= 0.3 is 0 Å². The fraction of sp³-hybridized carbons (Fsp3) is 0.105. The van der Waals surface area contributed by atoms with Crippen LogP contribution in [0.5, 0.6) is 0 Å². The highest BCUT2D eigenvalue weighted by atomic mass is 35.5. The summed E-state index contributed by atoms with van der Waals surface area (Å²) in [6, 6.07) is 18.1. The molecule has 1 atom stereocenters. The minimum absolute atomic E-state index is 0.0484.